The Morgan fingerprint density at radius 1 is 1.57 bits per heavy atom. The van der Waals surface area contributed by atoms with Crippen molar-refractivity contribution in [2.75, 3.05) is 11.9 Å². The highest BCUT2D eigenvalue weighted by molar-refractivity contribution is 5.92. The van der Waals surface area contributed by atoms with Crippen LogP contribution in [0, 0.1) is 12.8 Å². The Labute approximate surface area is 135 Å². The number of furan rings is 1. The Balaban J connectivity index is 2.23. The van der Waals surface area contributed by atoms with Crippen LogP contribution < -0.4 is 5.32 Å². The molecule has 6 nitrogen and oxygen atoms in total. The van der Waals surface area contributed by atoms with E-state index in [9.17, 15) is 9.90 Å². The fourth-order valence-corrected chi connectivity index (χ4v) is 2.43. The number of hydrogen-bond donors (Lipinski definition) is 2. The van der Waals surface area contributed by atoms with Crippen molar-refractivity contribution in [2.45, 2.75) is 33.7 Å². The van der Waals surface area contributed by atoms with Gasteiger partial charge >= 0.3 is 0 Å². The van der Waals surface area contributed by atoms with Crippen LogP contribution >= 0.6 is 0 Å². The third-order valence-corrected chi connectivity index (χ3v) is 3.58. The zero-order chi connectivity index (χ0) is 17.0. The summed E-state index contributed by atoms with van der Waals surface area (Å²) in [5, 5.41) is 16.5. The van der Waals surface area contributed by atoms with E-state index in [0.29, 0.717) is 24.5 Å². The first-order valence-corrected chi connectivity index (χ1v) is 7.60. The fourth-order valence-electron chi connectivity index (χ4n) is 2.43. The van der Waals surface area contributed by atoms with E-state index in [4.69, 9.17) is 4.42 Å². The molecule has 0 aliphatic heterocycles. The zero-order valence-electron chi connectivity index (χ0n) is 13.8. The molecular formula is C17H23N3O3. The van der Waals surface area contributed by atoms with Crippen molar-refractivity contribution < 1.29 is 14.3 Å². The van der Waals surface area contributed by atoms with Crippen LogP contribution in [0.25, 0.3) is 11.3 Å². The number of allylic oxidation sites excluding steroid dienone is 1. The average molecular weight is 317 g/mol. The number of nitrogens with zero attached hydrogens (tertiary/aromatic N) is 2. The third kappa shape index (κ3) is 4.10. The Hall–Kier alpha value is -2.34. The van der Waals surface area contributed by atoms with Gasteiger partial charge in [0.05, 0.1) is 25.1 Å². The smallest absolute Gasteiger partial charge is 0.228 e. The minimum atomic E-state index is -0.177. The number of aliphatic hydroxyl groups is 1. The van der Waals surface area contributed by atoms with Crippen molar-refractivity contribution >= 4 is 11.7 Å². The lowest BCUT2D eigenvalue weighted by molar-refractivity contribution is -0.119. The van der Waals surface area contributed by atoms with Crippen LogP contribution in [0.3, 0.4) is 0 Å². The van der Waals surface area contributed by atoms with E-state index in [1.165, 1.54) is 0 Å². The van der Waals surface area contributed by atoms with Gasteiger partial charge in [-0.1, -0.05) is 12.5 Å². The number of aliphatic hydroxyl groups excluding tert-OH is 1. The van der Waals surface area contributed by atoms with Crippen LogP contribution in [0.15, 0.2) is 35.0 Å². The molecule has 0 radical (unpaired) electrons. The summed E-state index contributed by atoms with van der Waals surface area (Å²) in [4.78, 5) is 12.3. The number of nitrogens with one attached hydrogen (secondary N) is 1. The van der Waals surface area contributed by atoms with Gasteiger partial charge in [-0.2, -0.15) is 5.10 Å². The maximum Gasteiger partial charge on any atom is 0.228 e. The van der Waals surface area contributed by atoms with Gasteiger partial charge < -0.3 is 14.8 Å². The van der Waals surface area contributed by atoms with Crippen LogP contribution in [-0.4, -0.2) is 27.4 Å². The first-order chi connectivity index (χ1) is 10.9. The molecule has 2 aromatic rings. The lowest BCUT2D eigenvalue weighted by Crippen LogP contribution is -2.23. The lowest BCUT2D eigenvalue weighted by Gasteiger charge is -2.12. The lowest BCUT2D eigenvalue weighted by atomic mass is 10.0. The fraction of sp³-hybridized carbons (Fsp3) is 0.412. The van der Waals surface area contributed by atoms with E-state index in [0.717, 1.165) is 16.9 Å². The Morgan fingerprint density at radius 2 is 2.30 bits per heavy atom. The van der Waals surface area contributed by atoms with E-state index in [1.807, 2.05) is 26.8 Å². The molecule has 2 heterocycles. The molecule has 2 aromatic heterocycles. The number of anilines is 1. The van der Waals surface area contributed by atoms with Crippen molar-refractivity contribution in [2.24, 2.45) is 5.92 Å². The maximum absolute atomic E-state index is 12.3. The van der Waals surface area contributed by atoms with Crippen LogP contribution in [0.1, 0.15) is 26.0 Å². The highest BCUT2D eigenvalue weighted by atomic mass is 16.3. The van der Waals surface area contributed by atoms with Gasteiger partial charge in [0.1, 0.15) is 11.6 Å². The monoisotopic (exact) mass is 317 g/mol. The summed E-state index contributed by atoms with van der Waals surface area (Å²) in [6.45, 7) is 9.70. The molecule has 0 spiro atoms. The van der Waals surface area contributed by atoms with Crippen LogP contribution in [0.2, 0.25) is 0 Å². The first kappa shape index (κ1) is 17.0. The largest absolute Gasteiger partial charge is 0.469 e. The summed E-state index contributed by atoms with van der Waals surface area (Å²) in [6, 6.07) is 3.62. The topological polar surface area (TPSA) is 80.3 Å². The Kier molecular flexibility index (Phi) is 5.39. The third-order valence-electron chi connectivity index (χ3n) is 3.58. The van der Waals surface area contributed by atoms with Crippen LogP contribution in [0.5, 0.6) is 0 Å². The number of carbonyl (C=O) groups is 1. The Morgan fingerprint density at radius 3 is 2.87 bits per heavy atom. The standard InChI is InChI=1S/C17H23N3O3/c1-11(2)9-12(3)17(22)18-16-10-15(19-20(16)6-7-21)14-5-8-23-13(14)4/h5,8,10,12,21H,1,6-7,9H2,2-4H3,(H,18,22). The molecule has 1 amide bonds. The summed E-state index contributed by atoms with van der Waals surface area (Å²) in [5.74, 6) is 1.05. The second-order valence-corrected chi connectivity index (χ2v) is 5.80. The molecule has 2 rings (SSSR count). The van der Waals surface area contributed by atoms with Crippen molar-refractivity contribution in [3.63, 3.8) is 0 Å². The molecule has 1 atom stereocenters. The summed E-state index contributed by atoms with van der Waals surface area (Å²) < 4.78 is 6.89. The number of amides is 1. The predicted octanol–water partition coefficient (Wildman–Crippen LogP) is 2.98. The molecule has 0 saturated carbocycles. The maximum atomic E-state index is 12.3. The molecule has 0 bridgehead atoms. The van der Waals surface area contributed by atoms with E-state index in [2.05, 4.69) is 17.0 Å². The van der Waals surface area contributed by atoms with Crippen molar-refractivity contribution in [1.82, 2.24) is 9.78 Å². The summed E-state index contributed by atoms with van der Waals surface area (Å²) >= 11 is 0. The van der Waals surface area contributed by atoms with Gasteiger partial charge in [-0.15, -0.1) is 6.58 Å². The SMILES string of the molecule is C=C(C)CC(C)C(=O)Nc1cc(-c2ccoc2C)nn1CCO. The highest BCUT2D eigenvalue weighted by Gasteiger charge is 2.18. The second-order valence-electron chi connectivity index (χ2n) is 5.80. The number of carbonyl (C=O) groups excluding carboxylic acids is 1. The molecule has 0 aromatic carbocycles. The molecule has 0 saturated heterocycles. The molecule has 23 heavy (non-hydrogen) atoms. The van der Waals surface area contributed by atoms with Gasteiger partial charge in [-0.3, -0.25) is 4.79 Å². The van der Waals surface area contributed by atoms with Gasteiger partial charge in [0, 0.05) is 17.5 Å². The van der Waals surface area contributed by atoms with Crippen LogP contribution in [-0.2, 0) is 11.3 Å². The zero-order valence-corrected chi connectivity index (χ0v) is 13.8. The normalized spacial score (nSPS) is 12.2. The van der Waals surface area contributed by atoms with E-state index in [1.54, 1.807) is 17.0 Å². The summed E-state index contributed by atoms with van der Waals surface area (Å²) in [6.07, 6.45) is 2.23. The predicted molar refractivity (Wildman–Crippen MR) is 89.0 cm³/mol. The number of hydrogen-bond acceptors (Lipinski definition) is 4. The van der Waals surface area contributed by atoms with Gasteiger partial charge in [-0.25, -0.2) is 4.68 Å². The molecule has 0 fully saturated rings. The van der Waals surface area contributed by atoms with E-state index >= 15 is 0 Å². The first-order valence-electron chi connectivity index (χ1n) is 7.60. The summed E-state index contributed by atoms with van der Waals surface area (Å²) in [7, 11) is 0. The second kappa shape index (κ2) is 7.28. The molecule has 0 aliphatic rings. The number of aromatic nitrogens is 2. The van der Waals surface area contributed by atoms with Gasteiger partial charge in [0.15, 0.2) is 0 Å². The van der Waals surface area contributed by atoms with Crippen molar-refractivity contribution in [3.8, 4) is 11.3 Å². The van der Waals surface area contributed by atoms with Crippen molar-refractivity contribution in [1.29, 1.82) is 0 Å². The quantitative estimate of drug-likeness (QED) is 0.769. The molecule has 2 N–H and O–H groups in total. The number of rotatable bonds is 7. The molecule has 1 unspecified atom stereocenters. The van der Waals surface area contributed by atoms with E-state index < -0.39 is 0 Å². The highest BCUT2D eigenvalue weighted by Crippen LogP contribution is 2.26. The minimum absolute atomic E-state index is 0.0598. The minimum Gasteiger partial charge on any atom is -0.469 e. The van der Waals surface area contributed by atoms with Crippen molar-refractivity contribution in [3.05, 3.63) is 36.3 Å². The average Bonchev–Trinajstić information content (AvgIpc) is 3.05. The number of aryl methyl sites for hydroxylation is 1. The Bertz CT molecular complexity index is 700. The van der Waals surface area contributed by atoms with Gasteiger partial charge in [0.25, 0.3) is 0 Å². The van der Waals surface area contributed by atoms with Gasteiger partial charge in [-0.05, 0) is 26.3 Å². The summed E-state index contributed by atoms with van der Waals surface area (Å²) in [5.41, 5.74) is 2.53. The van der Waals surface area contributed by atoms with E-state index in [-0.39, 0.29) is 18.4 Å². The van der Waals surface area contributed by atoms with Crippen LogP contribution in [0.4, 0.5) is 5.82 Å². The molecule has 0 aliphatic carbocycles. The van der Waals surface area contributed by atoms with Gasteiger partial charge in [0.2, 0.25) is 5.91 Å². The molecule has 124 valence electrons. The molecule has 6 heteroatoms. The molecular weight excluding hydrogens is 294 g/mol.